The largest absolute Gasteiger partial charge is 0.354 e. The Morgan fingerprint density at radius 3 is 2.23 bits per heavy atom. The first-order valence-corrected chi connectivity index (χ1v) is 14.4. The van der Waals surface area contributed by atoms with Crippen molar-refractivity contribution in [3.63, 3.8) is 0 Å². The lowest BCUT2D eigenvalue weighted by Gasteiger charge is -2.32. The summed E-state index contributed by atoms with van der Waals surface area (Å²) in [6.45, 7) is 4.70. The van der Waals surface area contributed by atoms with E-state index in [4.69, 9.17) is 23.2 Å². The van der Waals surface area contributed by atoms with Gasteiger partial charge in [0.05, 0.1) is 20.7 Å². The van der Waals surface area contributed by atoms with Crippen LogP contribution >= 0.6 is 35.0 Å². The van der Waals surface area contributed by atoms with Gasteiger partial charge < -0.3 is 10.2 Å². The summed E-state index contributed by atoms with van der Waals surface area (Å²) in [5.41, 5.74) is 2.58. The van der Waals surface area contributed by atoms with Gasteiger partial charge in [0.25, 0.3) is 5.69 Å². The molecule has 3 rings (SSSR count). The van der Waals surface area contributed by atoms with E-state index in [9.17, 15) is 19.7 Å². The molecule has 0 aliphatic carbocycles. The molecule has 1 atom stereocenters. The van der Waals surface area contributed by atoms with Crippen molar-refractivity contribution in [1.29, 1.82) is 0 Å². The Kier molecular flexibility index (Phi) is 11.7. The van der Waals surface area contributed by atoms with Crippen LogP contribution in [0.4, 0.5) is 5.69 Å². The molecule has 7 nitrogen and oxygen atoms in total. The second-order valence-corrected chi connectivity index (χ2v) is 11.3. The summed E-state index contributed by atoms with van der Waals surface area (Å²) in [6.07, 6.45) is 0.352. The summed E-state index contributed by atoms with van der Waals surface area (Å²) in [6, 6.07) is 20.3. The smallest absolute Gasteiger partial charge is 0.269 e. The number of nitro groups is 1. The lowest BCUT2D eigenvalue weighted by Crippen LogP contribution is -2.51. The predicted octanol–water partition coefficient (Wildman–Crippen LogP) is 6.55. The quantitative estimate of drug-likeness (QED) is 0.181. The van der Waals surface area contributed by atoms with Crippen molar-refractivity contribution in [1.82, 2.24) is 10.2 Å². The Morgan fingerprint density at radius 1 is 0.949 bits per heavy atom. The van der Waals surface area contributed by atoms with Gasteiger partial charge in [-0.2, -0.15) is 0 Å². The van der Waals surface area contributed by atoms with Crippen LogP contribution in [-0.2, 0) is 28.3 Å². The Bertz CT molecular complexity index is 1270. The maximum absolute atomic E-state index is 13.7. The fraction of sp³-hybridized carbons (Fsp3) is 0.310. The van der Waals surface area contributed by atoms with Crippen LogP contribution in [0.1, 0.15) is 30.5 Å². The molecule has 0 aromatic heterocycles. The zero-order valence-electron chi connectivity index (χ0n) is 21.8. The Labute approximate surface area is 243 Å². The van der Waals surface area contributed by atoms with E-state index in [0.29, 0.717) is 28.8 Å². The zero-order valence-corrected chi connectivity index (χ0v) is 24.1. The third-order valence-corrected chi connectivity index (χ3v) is 7.66. The molecule has 0 saturated heterocycles. The van der Waals surface area contributed by atoms with Crippen molar-refractivity contribution >= 4 is 52.5 Å². The first-order valence-electron chi connectivity index (χ1n) is 12.5. The predicted molar refractivity (Wildman–Crippen MR) is 158 cm³/mol. The average molecular weight is 589 g/mol. The summed E-state index contributed by atoms with van der Waals surface area (Å²) in [5, 5.41) is 14.7. The first kappa shape index (κ1) is 30.5. The number of rotatable bonds is 13. The second kappa shape index (κ2) is 14.9. The van der Waals surface area contributed by atoms with Crippen molar-refractivity contribution in [2.24, 2.45) is 5.92 Å². The number of carbonyl (C=O) groups is 2. The van der Waals surface area contributed by atoms with E-state index in [1.807, 2.05) is 44.2 Å². The van der Waals surface area contributed by atoms with Crippen LogP contribution in [0.3, 0.4) is 0 Å². The minimum atomic E-state index is -0.743. The van der Waals surface area contributed by atoms with Crippen molar-refractivity contribution in [2.45, 2.75) is 38.6 Å². The molecule has 3 aromatic rings. The molecule has 10 heteroatoms. The minimum Gasteiger partial charge on any atom is -0.354 e. The molecular weight excluding hydrogens is 557 g/mol. The van der Waals surface area contributed by atoms with Crippen LogP contribution in [0.5, 0.6) is 0 Å². The van der Waals surface area contributed by atoms with Crippen LogP contribution in [0.15, 0.2) is 72.8 Å². The molecular formula is C29H31Cl2N3O4S. The van der Waals surface area contributed by atoms with E-state index in [0.717, 1.165) is 16.7 Å². The van der Waals surface area contributed by atoms with Crippen LogP contribution in [0.25, 0.3) is 0 Å². The number of hydrogen-bond donors (Lipinski definition) is 1. The fourth-order valence-electron chi connectivity index (χ4n) is 3.86. The van der Waals surface area contributed by atoms with E-state index >= 15 is 0 Å². The van der Waals surface area contributed by atoms with Gasteiger partial charge >= 0.3 is 0 Å². The molecule has 206 valence electrons. The monoisotopic (exact) mass is 587 g/mol. The van der Waals surface area contributed by atoms with Crippen LogP contribution in [0.2, 0.25) is 10.0 Å². The lowest BCUT2D eigenvalue weighted by molar-refractivity contribution is -0.384. The van der Waals surface area contributed by atoms with E-state index in [1.165, 1.54) is 23.9 Å². The zero-order chi connectivity index (χ0) is 28.4. The van der Waals surface area contributed by atoms with Gasteiger partial charge in [0.2, 0.25) is 11.8 Å². The van der Waals surface area contributed by atoms with Crippen molar-refractivity contribution in [3.8, 4) is 0 Å². The molecule has 0 heterocycles. The number of halogens is 2. The Balaban J connectivity index is 1.84. The molecule has 0 aliphatic rings. The molecule has 0 unspecified atom stereocenters. The van der Waals surface area contributed by atoms with Gasteiger partial charge in [0, 0.05) is 37.4 Å². The van der Waals surface area contributed by atoms with Gasteiger partial charge in [-0.05, 0) is 34.7 Å². The Hall–Kier alpha value is -3.07. The van der Waals surface area contributed by atoms with E-state index in [1.54, 1.807) is 35.2 Å². The number of amides is 2. The average Bonchev–Trinajstić information content (AvgIpc) is 2.92. The lowest BCUT2D eigenvalue weighted by atomic mass is 10.0. The highest BCUT2D eigenvalue weighted by Crippen LogP contribution is 2.25. The van der Waals surface area contributed by atoms with Gasteiger partial charge in [-0.25, -0.2) is 0 Å². The molecule has 39 heavy (non-hydrogen) atoms. The third kappa shape index (κ3) is 9.56. The van der Waals surface area contributed by atoms with Crippen LogP contribution < -0.4 is 5.32 Å². The fourth-order valence-corrected chi connectivity index (χ4v) is 5.06. The summed E-state index contributed by atoms with van der Waals surface area (Å²) >= 11 is 13.7. The van der Waals surface area contributed by atoms with Gasteiger partial charge in [-0.15, -0.1) is 11.8 Å². The number of benzene rings is 3. The molecule has 0 fully saturated rings. The highest BCUT2D eigenvalue weighted by Gasteiger charge is 2.30. The van der Waals surface area contributed by atoms with E-state index < -0.39 is 11.0 Å². The number of nitrogens with one attached hydrogen (secondary N) is 1. The SMILES string of the molecule is CC(C)CNC(=O)[C@H](Cc1ccccc1)N(Cc1ccc(Cl)c(Cl)c1)C(=O)CSCc1ccc([N+](=O)[O-])cc1. The van der Waals surface area contributed by atoms with Crippen LogP contribution in [-0.4, -0.2) is 40.0 Å². The van der Waals surface area contributed by atoms with Crippen molar-refractivity contribution in [2.75, 3.05) is 12.3 Å². The highest BCUT2D eigenvalue weighted by molar-refractivity contribution is 7.99. The molecule has 3 aromatic carbocycles. The second-order valence-electron chi connectivity index (χ2n) is 9.53. The standard InChI is InChI=1S/C29H31Cl2N3O4S/c1-20(2)16-32-29(36)27(15-21-6-4-3-5-7-21)33(17-23-10-13-25(30)26(31)14-23)28(35)19-39-18-22-8-11-24(12-9-22)34(37)38/h3-14,20,27H,15-19H2,1-2H3,(H,32,36)/t27-/m0/s1. The topological polar surface area (TPSA) is 92.6 Å². The number of nitro benzene ring substituents is 1. The van der Waals surface area contributed by atoms with Gasteiger partial charge in [0.15, 0.2) is 0 Å². The number of hydrogen-bond acceptors (Lipinski definition) is 5. The number of nitrogens with zero attached hydrogens (tertiary/aromatic N) is 2. The number of thioether (sulfide) groups is 1. The maximum atomic E-state index is 13.7. The summed E-state index contributed by atoms with van der Waals surface area (Å²) in [4.78, 5) is 39.2. The van der Waals surface area contributed by atoms with E-state index in [2.05, 4.69) is 5.32 Å². The number of carbonyl (C=O) groups excluding carboxylic acids is 2. The third-order valence-electron chi connectivity index (χ3n) is 5.93. The molecule has 0 saturated carbocycles. The first-order chi connectivity index (χ1) is 18.6. The van der Waals surface area contributed by atoms with Gasteiger partial charge in [-0.3, -0.25) is 19.7 Å². The van der Waals surface area contributed by atoms with Crippen molar-refractivity contribution in [3.05, 3.63) is 110 Å². The molecule has 1 N–H and O–H groups in total. The minimum absolute atomic E-state index is 0.0174. The number of non-ortho nitro benzene ring substituents is 1. The van der Waals surface area contributed by atoms with Crippen molar-refractivity contribution < 1.29 is 14.5 Å². The summed E-state index contributed by atoms with van der Waals surface area (Å²) < 4.78 is 0. The van der Waals surface area contributed by atoms with E-state index in [-0.39, 0.29) is 35.7 Å². The van der Waals surface area contributed by atoms with Gasteiger partial charge in [-0.1, -0.05) is 85.6 Å². The maximum Gasteiger partial charge on any atom is 0.269 e. The molecule has 0 radical (unpaired) electrons. The molecule has 0 bridgehead atoms. The normalized spacial score (nSPS) is 11.7. The molecule has 0 spiro atoms. The highest BCUT2D eigenvalue weighted by atomic mass is 35.5. The summed E-state index contributed by atoms with van der Waals surface area (Å²) in [7, 11) is 0. The molecule has 0 aliphatic heterocycles. The summed E-state index contributed by atoms with van der Waals surface area (Å²) in [5.74, 6) is 0.451. The van der Waals surface area contributed by atoms with Gasteiger partial charge in [0.1, 0.15) is 6.04 Å². The molecule has 2 amide bonds. The van der Waals surface area contributed by atoms with Crippen LogP contribution in [0, 0.1) is 16.0 Å². The Morgan fingerprint density at radius 2 is 1.62 bits per heavy atom.